The Kier molecular flexibility index (Phi) is 2.87. The fraction of sp³-hybridized carbons (Fsp3) is 0.429. The summed E-state index contributed by atoms with van der Waals surface area (Å²) in [5.74, 6) is -0.312. The maximum atomic E-state index is 12.1. The van der Waals surface area contributed by atoms with E-state index in [-0.39, 0.29) is 11.4 Å². The van der Waals surface area contributed by atoms with Crippen LogP contribution in [0.4, 0.5) is 0 Å². The summed E-state index contributed by atoms with van der Waals surface area (Å²) in [5, 5.41) is 9.20. The minimum Gasteiger partial charge on any atom is -0.325 e. The lowest BCUT2D eigenvalue weighted by Gasteiger charge is -2.55. The standard InChI is InChI=1S/C14H15ClN2O/c1-13(2,3)17-11(10-7-5-4-6-8-10)14(15,9-16)12(17)18/h4-8,11H,1-3H3/t11-,14-/m0/s1. The van der Waals surface area contributed by atoms with E-state index in [1.165, 1.54) is 0 Å². The van der Waals surface area contributed by atoms with Crippen LogP contribution >= 0.6 is 11.6 Å². The molecule has 0 N–H and O–H groups in total. The van der Waals surface area contributed by atoms with E-state index in [4.69, 9.17) is 11.6 Å². The van der Waals surface area contributed by atoms with Crippen molar-refractivity contribution < 1.29 is 4.79 Å². The van der Waals surface area contributed by atoms with Gasteiger partial charge < -0.3 is 4.90 Å². The third kappa shape index (κ3) is 1.69. The van der Waals surface area contributed by atoms with E-state index >= 15 is 0 Å². The number of carbonyl (C=O) groups excluding carboxylic acids is 1. The molecule has 0 radical (unpaired) electrons. The highest BCUT2D eigenvalue weighted by atomic mass is 35.5. The van der Waals surface area contributed by atoms with Crippen molar-refractivity contribution in [2.45, 2.75) is 37.2 Å². The first-order chi connectivity index (χ1) is 8.32. The molecule has 1 amide bonds. The Hall–Kier alpha value is -1.53. The number of amides is 1. The molecular formula is C14H15ClN2O. The van der Waals surface area contributed by atoms with Gasteiger partial charge in [-0.1, -0.05) is 41.9 Å². The number of likely N-dealkylation sites (tertiary alicyclic amines) is 1. The molecule has 1 aromatic carbocycles. The molecule has 0 aromatic heterocycles. The molecule has 4 heteroatoms. The van der Waals surface area contributed by atoms with Crippen molar-refractivity contribution >= 4 is 17.5 Å². The van der Waals surface area contributed by atoms with Crippen molar-refractivity contribution in [1.82, 2.24) is 4.90 Å². The van der Waals surface area contributed by atoms with Crippen molar-refractivity contribution in [2.75, 3.05) is 0 Å². The van der Waals surface area contributed by atoms with Gasteiger partial charge in [0.15, 0.2) is 0 Å². The van der Waals surface area contributed by atoms with E-state index in [0.29, 0.717) is 0 Å². The number of nitriles is 1. The summed E-state index contributed by atoms with van der Waals surface area (Å²) in [6, 6.07) is 11.0. The van der Waals surface area contributed by atoms with Crippen LogP contribution in [0.1, 0.15) is 32.4 Å². The van der Waals surface area contributed by atoms with Crippen LogP contribution in [0, 0.1) is 11.3 Å². The summed E-state index contributed by atoms with van der Waals surface area (Å²) >= 11 is 6.19. The predicted molar refractivity (Wildman–Crippen MR) is 70.0 cm³/mol. The van der Waals surface area contributed by atoms with Gasteiger partial charge in [-0.15, -0.1) is 0 Å². The van der Waals surface area contributed by atoms with Crippen LogP contribution in [0.5, 0.6) is 0 Å². The van der Waals surface area contributed by atoms with Gasteiger partial charge >= 0.3 is 0 Å². The monoisotopic (exact) mass is 262 g/mol. The van der Waals surface area contributed by atoms with Crippen LogP contribution in [0.2, 0.25) is 0 Å². The molecule has 1 heterocycles. The van der Waals surface area contributed by atoms with Crippen LogP contribution in [-0.2, 0) is 4.79 Å². The number of hydrogen-bond acceptors (Lipinski definition) is 2. The van der Waals surface area contributed by atoms with Gasteiger partial charge in [0.1, 0.15) is 0 Å². The summed E-state index contributed by atoms with van der Waals surface area (Å²) in [7, 11) is 0. The zero-order valence-corrected chi connectivity index (χ0v) is 11.4. The first kappa shape index (κ1) is 12.9. The lowest BCUT2D eigenvalue weighted by atomic mass is 9.78. The molecule has 0 bridgehead atoms. The fourth-order valence-electron chi connectivity index (χ4n) is 2.34. The maximum Gasteiger partial charge on any atom is 0.261 e. The van der Waals surface area contributed by atoms with E-state index < -0.39 is 10.9 Å². The van der Waals surface area contributed by atoms with E-state index in [2.05, 4.69) is 0 Å². The molecule has 1 saturated heterocycles. The van der Waals surface area contributed by atoms with Crippen LogP contribution in [0.3, 0.4) is 0 Å². The predicted octanol–water partition coefficient (Wildman–Crippen LogP) is 2.87. The third-order valence-electron chi connectivity index (χ3n) is 3.17. The van der Waals surface area contributed by atoms with Crippen molar-refractivity contribution in [1.29, 1.82) is 5.26 Å². The number of benzene rings is 1. The van der Waals surface area contributed by atoms with Gasteiger partial charge in [0.25, 0.3) is 5.91 Å². The minimum absolute atomic E-state index is 0.312. The zero-order valence-electron chi connectivity index (χ0n) is 10.6. The van der Waals surface area contributed by atoms with E-state index in [0.717, 1.165) is 5.56 Å². The molecule has 3 nitrogen and oxygen atoms in total. The molecule has 1 aliphatic heterocycles. The van der Waals surface area contributed by atoms with Crippen molar-refractivity contribution in [3.8, 4) is 6.07 Å². The molecule has 2 atom stereocenters. The number of rotatable bonds is 1. The topological polar surface area (TPSA) is 44.1 Å². The Balaban J connectivity index is 2.48. The molecule has 0 saturated carbocycles. The summed E-state index contributed by atoms with van der Waals surface area (Å²) in [5.41, 5.74) is 0.538. The van der Waals surface area contributed by atoms with Crippen LogP contribution in [0.15, 0.2) is 30.3 Å². The van der Waals surface area contributed by atoms with E-state index in [1.54, 1.807) is 4.90 Å². The number of halogens is 1. The lowest BCUT2D eigenvalue weighted by molar-refractivity contribution is -0.158. The second-order valence-corrected chi connectivity index (χ2v) is 6.08. The van der Waals surface area contributed by atoms with E-state index in [1.807, 2.05) is 57.2 Å². The molecule has 0 unspecified atom stereocenters. The maximum absolute atomic E-state index is 12.1. The van der Waals surface area contributed by atoms with Crippen molar-refractivity contribution in [3.63, 3.8) is 0 Å². The van der Waals surface area contributed by atoms with Crippen LogP contribution < -0.4 is 0 Å². The second-order valence-electron chi connectivity index (χ2n) is 5.48. The smallest absolute Gasteiger partial charge is 0.261 e. The highest BCUT2D eigenvalue weighted by molar-refractivity contribution is 6.40. The highest BCUT2D eigenvalue weighted by Crippen LogP contribution is 2.50. The first-order valence-corrected chi connectivity index (χ1v) is 6.19. The van der Waals surface area contributed by atoms with Gasteiger partial charge in [-0.05, 0) is 26.3 Å². The number of hydrogen-bond donors (Lipinski definition) is 0. The normalized spacial score (nSPS) is 27.6. The summed E-state index contributed by atoms with van der Waals surface area (Å²) in [6.45, 7) is 5.82. The van der Waals surface area contributed by atoms with Gasteiger partial charge in [0.05, 0.1) is 12.1 Å². The van der Waals surface area contributed by atoms with Crippen molar-refractivity contribution in [3.05, 3.63) is 35.9 Å². The van der Waals surface area contributed by atoms with Gasteiger partial charge in [0, 0.05) is 5.54 Å². The lowest BCUT2D eigenvalue weighted by Crippen LogP contribution is -2.69. The average Bonchev–Trinajstić information content (AvgIpc) is 2.33. The highest BCUT2D eigenvalue weighted by Gasteiger charge is 2.64. The Labute approximate surface area is 112 Å². The SMILES string of the molecule is CC(C)(C)N1C(=O)[C@](Cl)(C#N)[C@@H]1c1ccccc1. The Morgan fingerprint density at radius 1 is 1.33 bits per heavy atom. The quantitative estimate of drug-likeness (QED) is 0.577. The molecule has 1 aromatic rings. The van der Waals surface area contributed by atoms with Gasteiger partial charge in [0.2, 0.25) is 4.87 Å². The van der Waals surface area contributed by atoms with Crippen LogP contribution in [0.25, 0.3) is 0 Å². The Bertz CT molecular complexity index is 515. The van der Waals surface area contributed by atoms with Crippen molar-refractivity contribution in [2.24, 2.45) is 0 Å². The Morgan fingerprint density at radius 3 is 2.33 bits per heavy atom. The summed E-state index contributed by atoms with van der Waals surface area (Å²) in [4.78, 5) is 12.3. The molecule has 2 rings (SSSR count). The number of β-lactam (4-membered cyclic amide) rings is 1. The number of alkyl halides is 1. The molecular weight excluding hydrogens is 248 g/mol. The largest absolute Gasteiger partial charge is 0.325 e. The number of nitrogens with zero attached hydrogens (tertiary/aromatic N) is 2. The summed E-state index contributed by atoms with van der Waals surface area (Å²) < 4.78 is 0. The second kappa shape index (κ2) is 4.00. The van der Waals surface area contributed by atoms with E-state index in [9.17, 15) is 10.1 Å². The fourth-order valence-corrected chi connectivity index (χ4v) is 2.65. The average molecular weight is 263 g/mol. The first-order valence-electron chi connectivity index (χ1n) is 5.81. The zero-order chi connectivity index (χ0) is 13.6. The molecule has 0 spiro atoms. The van der Waals surface area contributed by atoms with Crippen LogP contribution in [-0.4, -0.2) is 21.2 Å². The molecule has 94 valence electrons. The molecule has 1 fully saturated rings. The molecule has 0 aliphatic carbocycles. The van der Waals surface area contributed by atoms with Gasteiger partial charge in [-0.25, -0.2) is 0 Å². The molecule has 1 aliphatic rings. The molecule has 18 heavy (non-hydrogen) atoms. The summed E-state index contributed by atoms with van der Waals surface area (Å²) in [6.07, 6.45) is 0. The third-order valence-corrected chi connectivity index (χ3v) is 3.62. The minimum atomic E-state index is -1.46. The number of carbonyl (C=O) groups is 1. The van der Waals surface area contributed by atoms with Gasteiger partial charge in [-0.2, -0.15) is 5.26 Å². The van der Waals surface area contributed by atoms with Gasteiger partial charge in [-0.3, -0.25) is 4.79 Å². The Morgan fingerprint density at radius 2 is 1.89 bits per heavy atom.